The van der Waals surface area contributed by atoms with Gasteiger partial charge < -0.3 is 0 Å². The third-order valence-corrected chi connectivity index (χ3v) is 10.9. The van der Waals surface area contributed by atoms with E-state index in [1.165, 1.54) is 40.1 Å². The molecule has 0 aliphatic heterocycles. The van der Waals surface area contributed by atoms with Gasteiger partial charge in [-0.1, -0.05) is 105 Å². The predicted molar refractivity (Wildman–Crippen MR) is 139 cm³/mol. The number of aryl methyl sites for hydroxylation is 2. The molecule has 4 aromatic rings. The molecule has 0 aliphatic rings. The van der Waals surface area contributed by atoms with E-state index in [2.05, 4.69) is 116 Å². The topological polar surface area (TPSA) is 12.9 Å². The Morgan fingerprint density at radius 3 is 1.65 bits per heavy atom. The van der Waals surface area contributed by atoms with Crippen molar-refractivity contribution < 1.29 is 0 Å². The average Bonchev–Trinajstić information content (AvgIpc) is 2.83. The first-order chi connectivity index (χ1) is 15.3. The van der Waals surface area contributed by atoms with Crippen LogP contribution >= 0.6 is 15.8 Å². The first-order valence-electron chi connectivity index (χ1n) is 10.9. The molecule has 31 heavy (non-hydrogen) atoms. The van der Waals surface area contributed by atoms with Gasteiger partial charge >= 0.3 is 0 Å². The van der Waals surface area contributed by atoms with Crippen LogP contribution in [0.15, 0.2) is 109 Å². The van der Waals surface area contributed by atoms with Crippen molar-refractivity contribution in [1.82, 2.24) is 4.98 Å². The molecule has 3 aromatic carbocycles. The van der Waals surface area contributed by atoms with Crippen molar-refractivity contribution in [3.05, 3.63) is 121 Å². The van der Waals surface area contributed by atoms with E-state index in [1.54, 1.807) is 0 Å². The number of nitrogens with zero attached hydrogens (tertiary/aromatic N) is 1. The lowest BCUT2D eigenvalue weighted by molar-refractivity contribution is 1.01. The summed E-state index contributed by atoms with van der Waals surface area (Å²) in [6, 6.07) is 39.7. The second kappa shape index (κ2) is 11.3. The Balaban J connectivity index is 1.53. The highest BCUT2D eigenvalue weighted by Crippen LogP contribution is 2.41. The fourth-order valence-electron chi connectivity index (χ4n) is 3.84. The molecule has 3 heteroatoms. The Labute approximate surface area is 189 Å². The Morgan fingerprint density at radius 1 is 0.548 bits per heavy atom. The van der Waals surface area contributed by atoms with Crippen LogP contribution in [-0.4, -0.2) is 23.5 Å². The SMILES string of the molecule is Cc1cccc(CCP(CCP(c2ccccc2)c2ccccc2)c2ccccc2)n1. The molecule has 0 aliphatic carbocycles. The quantitative estimate of drug-likeness (QED) is 0.296. The van der Waals surface area contributed by atoms with Crippen LogP contribution in [0.25, 0.3) is 0 Å². The van der Waals surface area contributed by atoms with Gasteiger partial charge in [-0.2, -0.15) is 0 Å². The first kappa shape index (κ1) is 21.9. The Bertz CT molecular complexity index is 1010. The lowest BCUT2D eigenvalue weighted by atomic mass is 10.3. The lowest BCUT2D eigenvalue weighted by Crippen LogP contribution is -2.17. The summed E-state index contributed by atoms with van der Waals surface area (Å²) in [5, 5.41) is 4.47. The van der Waals surface area contributed by atoms with Crippen molar-refractivity contribution in [2.75, 3.05) is 18.5 Å². The van der Waals surface area contributed by atoms with Gasteiger partial charge in [0.25, 0.3) is 0 Å². The van der Waals surface area contributed by atoms with E-state index in [0.717, 1.165) is 12.1 Å². The number of benzene rings is 3. The van der Waals surface area contributed by atoms with Crippen molar-refractivity contribution in [2.24, 2.45) is 0 Å². The molecule has 1 heterocycles. The summed E-state index contributed by atoms with van der Waals surface area (Å²) < 4.78 is 0. The molecule has 0 fully saturated rings. The summed E-state index contributed by atoms with van der Waals surface area (Å²) in [5.41, 5.74) is 2.33. The zero-order valence-electron chi connectivity index (χ0n) is 18.1. The number of aromatic nitrogens is 1. The molecule has 1 atom stereocenters. The second-order valence-electron chi connectivity index (χ2n) is 7.67. The molecule has 156 valence electrons. The molecular weight excluding hydrogens is 412 g/mol. The zero-order chi connectivity index (χ0) is 21.3. The van der Waals surface area contributed by atoms with Gasteiger partial charge in [0.2, 0.25) is 0 Å². The van der Waals surface area contributed by atoms with Crippen molar-refractivity contribution >= 4 is 31.8 Å². The first-order valence-corrected chi connectivity index (χ1v) is 14.1. The largest absolute Gasteiger partial charge is 0.258 e. The number of pyridine rings is 1. The maximum Gasteiger partial charge on any atom is 0.0410 e. The lowest BCUT2D eigenvalue weighted by Gasteiger charge is -2.23. The summed E-state index contributed by atoms with van der Waals surface area (Å²) in [6.45, 7) is 2.08. The summed E-state index contributed by atoms with van der Waals surface area (Å²) in [6.07, 6.45) is 4.73. The summed E-state index contributed by atoms with van der Waals surface area (Å²) in [5.74, 6) is 0. The molecule has 1 nitrogen and oxygen atoms in total. The van der Waals surface area contributed by atoms with E-state index in [0.29, 0.717) is 0 Å². The van der Waals surface area contributed by atoms with Crippen molar-refractivity contribution in [3.63, 3.8) is 0 Å². The van der Waals surface area contributed by atoms with Gasteiger partial charge in [-0.25, -0.2) is 0 Å². The van der Waals surface area contributed by atoms with Crippen molar-refractivity contribution in [3.8, 4) is 0 Å². The van der Waals surface area contributed by atoms with Crippen LogP contribution in [-0.2, 0) is 6.42 Å². The smallest absolute Gasteiger partial charge is 0.0410 e. The predicted octanol–water partition coefficient (Wildman–Crippen LogP) is 5.87. The summed E-state index contributed by atoms with van der Waals surface area (Å²) >= 11 is 0. The minimum absolute atomic E-state index is 0.226. The minimum atomic E-state index is -0.343. The molecule has 0 saturated carbocycles. The minimum Gasteiger partial charge on any atom is -0.258 e. The fourth-order valence-corrected chi connectivity index (χ4v) is 9.32. The molecule has 0 amide bonds. The highest BCUT2D eigenvalue weighted by molar-refractivity contribution is 7.74. The molecule has 1 aromatic heterocycles. The molecule has 0 N–H and O–H groups in total. The van der Waals surface area contributed by atoms with Crippen molar-refractivity contribution in [1.29, 1.82) is 0 Å². The van der Waals surface area contributed by atoms with E-state index in [1.807, 2.05) is 0 Å². The molecule has 1 unspecified atom stereocenters. The molecule has 0 bridgehead atoms. The Morgan fingerprint density at radius 2 is 1.10 bits per heavy atom. The van der Waals surface area contributed by atoms with Crippen LogP contribution in [0.3, 0.4) is 0 Å². The Hall–Kier alpha value is -2.33. The van der Waals surface area contributed by atoms with Gasteiger partial charge in [0.1, 0.15) is 0 Å². The number of rotatable bonds is 9. The zero-order valence-corrected chi connectivity index (χ0v) is 19.9. The van der Waals surface area contributed by atoms with Gasteiger partial charge in [-0.3, -0.25) is 4.98 Å². The molecule has 0 radical (unpaired) electrons. The summed E-state index contributed by atoms with van der Waals surface area (Å²) in [4.78, 5) is 4.74. The van der Waals surface area contributed by atoms with E-state index < -0.39 is 0 Å². The number of hydrogen-bond acceptors (Lipinski definition) is 1. The van der Waals surface area contributed by atoms with Crippen LogP contribution in [0.2, 0.25) is 0 Å². The van der Waals surface area contributed by atoms with E-state index >= 15 is 0 Å². The molecular formula is C28H29NP2. The van der Waals surface area contributed by atoms with E-state index in [9.17, 15) is 0 Å². The maximum atomic E-state index is 4.74. The summed E-state index contributed by atoms with van der Waals surface area (Å²) in [7, 11) is -0.569. The molecule has 0 saturated heterocycles. The standard InChI is InChI=1S/C28H29NP2/c1-24-12-11-13-25(29-24)20-21-30(26-14-5-2-6-15-26)22-23-31(27-16-7-3-8-17-27)28-18-9-4-10-19-28/h2-19H,20-23H2,1H3. The third kappa shape index (κ3) is 6.33. The van der Waals surface area contributed by atoms with Crippen LogP contribution in [0.5, 0.6) is 0 Å². The van der Waals surface area contributed by atoms with Gasteiger partial charge in [0.05, 0.1) is 0 Å². The molecule has 4 rings (SSSR count). The van der Waals surface area contributed by atoms with Crippen LogP contribution in [0.1, 0.15) is 11.4 Å². The highest BCUT2D eigenvalue weighted by atomic mass is 31.1. The third-order valence-electron chi connectivity index (χ3n) is 5.43. The van der Waals surface area contributed by atoms with Crippen LogP contribution in [0.4, 0.5) is 0 Å². The van der Waals surface area contributed by atoms with Gasteiger partial charge in [0, 0.05) is 11.4 Å². The maximum absolute atomic E-state index is 4.74. The van der Waals surface area contributed by atoms with Gasteiger partial charge in [-0.05, 0) is 67.8 Å². The Kier molecular flexibility index (Phi) is 8.00. The fraction of sp³-hybridized carbons (Fsp3) is 0.179. The van der Waals surface area contributed by atoms with E-state index in [4.69, 9.17) is 4.98 Å². The van der Waals surface area contributed by atoms with Crippen LogP contribution < -0.4 is 15.9 Å². The highest BCUT2D eigenvalue weighted by Gasteiger charge is 2.18. The number of hydrogen-bond donors (Lipinski definition) is 0. The van der Waals surface area contributed by atoms with Gasteiger partial charge in [0.15, 0.2) is 0 Å². The second-order valence-corrected chi connectivity index (χ2v) is 12.5. The monoisotopic (exact) mass is 441 g/mol. The van der Waals surface area contributed by atoms with Gasteiger partial charge in [-0.15, -0.1) is 0 Å². The normalized spacial score (nSPS) is 12.1. The van der Waals surface area contributed by atoms with Crippen LogP contribution in [0, 0.1) is 6.92 Å². The molecule has 0 spiro atoms. The van der Waals surface area contributed by atoms with E-state index in [-0.39, 0.29) is 15.8 Å². The van der Waals surface area contributed by atoms with Crippen molar-refractivity contribution in [2.45, 2.75) is 13.3 Å². The average molecular weight is 441 g/mol.